The Balaban J connectivity index is 2.58. The fourth-order valence-corrected chi connectivity index (χ4v) is 2.07. The van der Waals surface area contributed by atoms with Crippen LogP contribution in [0, 0.1) is 0 Å². The third-order valence-corrected chi connectivity index (χ3v) is 3.00. The zero-order valence-electron chi connectivity index (χ0n) is 8.58. The molecule has 1 aliphatic heterocycles. The molecular formula is C11H21NO. The van der Waals surface area contributed by atoms with Gasteiger partial charge in [-0.2, -0.15) is 0 Å². The predicted molar refractivity (Wildman–Crippen MR) is 55.7 cm³/mol. The minimum absolute atomic E-state index is 0.290. The van der Waals surface area contributed by atoms with Crippen LogP contribution in [0.15, 0.2) is 12.7 Å². The van der Waals surface area contributed by atoms with Crippen molar-refractivity contribution in [1.29, 1.82) is 0 Å². The van der Waals surface area contributed by atoms with Crippen molar-refractivity contribution in [3.8, 4) is 0 Å². The van der Waals surface area contributed by atoms with E-state index in [1.165, 1.54) is 19.3 Å². The highest BCUT2D eigenvalue weighted by molar-refractivity contribution is 4.88. The van der Waals surface area contributed by atoms with Gasteiger partial charge in [0.15, 0.2) is 0 Å². The van der Waals surface area contributed by atoms with Gasteiger partial charge >= 0.3 is 0 Å². The van der Waals surface area contributed by atoms with Crippen LogP contribution in [0.5, 0.6) is 0 Å². The highest BCUT2D eigenvalue weighted by Crippen LogP contribution is 2.18. The maximum atomic E-state index is 9.25. The van der Waals surface area contributed by atoms with Crippen LogP contribution in [0.1, 0.15) is 32.6 Å². The van der Waals surface area contributed by atoms with E-state index in [0.29, 0.717) is 12.1 Å². The molecule has 2 atom stereocenters. The van der Waals surface area contributed by atoms with Crippen molar-refractivity contribution < 1.29 is 5.11 Å². The number of aliphatic hydroxyl groups is 1. The average Bonchev–Trinajstić information content (AvgIpc) is 2.41. The first kappa shape index (κ1) is 10.7. The Morgan fingerprint density at radius 2 is 2.31 bits per heavy atom. The molecule has 0 amide bonds. The fourth-order valence-electron chi connectivity index (χ4n) is 2.07. The first-order chi connectivity index (χ1) is 6.29. The molecule has 0 aromatic rings. The Labute approximate surface area is 81.2 Å². The summed E-state index contributed by atoms with van der Waals surface area (Å²) >= 11 is 0. The molecule has 2 unspecified atom stereocenters. The molecule has 0 aromatic heterocycles. The van der Waals surface area contributed by atoms with E-state index in [0.717, 1.165) is 13.0 Å². The SMILES string of the molecule is C=CC(C)N1CCCCCC1CO. The molecule has 0 aromatic carbocycles. The summed E-state index contributed by atoms with van der Waals surface area (Å²) in [7, 11) is 0. The van der Waals surface area contributed by atoms with Gasteiger partial charge in [0.1, 0.15) is 0 Å². The molecule has 13 heavy (non-hydrogen) atoms. The van der Waals surface area contributed by atoms with Crippen molar-refractivity contribution in [3.63, 3.8) is 0 Å². The summed E-state index contributed by atoms with van der Waals surface area (Å²) in [6.07, 6.45) is 6.92. The second-order valence-electron chi connectivity index (χ2n) is 3.90. The molecule has 1 saturated heterocycles. The first-order valence-corrected chi connectivity index (χ1v) is 5.28. The quantitative estimate of drug-likeness (QED) is 0.674. The molecule has 0 spiro atoms. The van der Waals surface area contributed by atoms with Crippen LogP contribution in [0.25, 0.3) is 0 Å². The van der Waals surface area contributed by atoms with E-state index in [1.54, 1.807) is 0 Å². The molecule has 1 heterocycles. The molecule has 1 fully saturated rings. The number of hydrogen-bond donors (Lipinski definition) is 1. The fraction of sp³-hybridized carbons (Fsp3) is 0.818. The molecular weight excluding hydrogens is 162 g/mol. The van der Waals surface area contributed by atoms with E-state index in [-0.39, 0.29) is 6.61 Å². The number of nitrogens with zero attached hydrogens (tertiary/aromatic N) is 1. The van der Waals surface area contributed by atoms with Crippen LogP contribution in [-0.2, 0) is 0 Å². The lowest BCUT2D eigenvalue weighted by Gasteiger charge is -2.32. The van der Waals surface area contributed by atoms with Crippen LogP contribution < -0.4 is 0 Å². The Hall–Kier alpha value is -0.340. The van der Waals surface area contributed by atoms with Gasteiger partial charge in [0.2, 0.25) is 0 Å². The number of likely N-dealkylation sites (tertiary alicyclic amines) is 1. The van der Waals surface area contributed by atoms with E-state index in [9.17, 15) is 5.11 Å². The standard InChI is InChI=1S/C11H21NO/c1-3-10(2)12-8-6-4-5-7-11(12)9-13/h3,10-11,13H,1,4-9H2,2H3. The minimum Gasteiger partial charge on any atom is -0.395 e. The highest BCUT2D eigenvalue weighted by Gasteiger charge is 2.22. The molecule has 0 saturated carbocycles. The summed E-state index contributed by atoms with van der Waals surface area (Å²) in [5.74, 6) is 0. The summed E-state index contributed by atoms with van der Waals surface area (Å²) in [4.78, 5) is 2.38. The number of hydrogen-bond acceptors (Lipinski definition) is 2. The van der Waals surface area contributed by atoms with Crippen molar-refractivity contribution in [2.45, 2.75) is 44.7 Å². The minimum atomic E-state index is 0.290. The maximum Gasteiger partial charge on any atom is 0.0587 e. The zero-order valence-corrected chi connectivity index (χ0v) is 8.58. The average molecular weight is 183 g/mol. The Bertz CT molecular complexity index is 158. The molecule has 0 bridgehead atoms. The van der Waals surface area contributed by atoms with Crippen LogP contribution >= 0.6 is 0 Å². The Kier molecular flexibility index (Phi) is 4.46. The summed E-state index contributed by atoms with van der Waals surface area (Å²) in [5, 5.41) is 9.25. The topological polar surface area (TPSA) is 23.5 Å². The molecule has 1 N–H and O–H groups in total. The molecule has 1 rings (SSSR count). The van der Waals surface area contributed by atoms with Crippen molar-refractivity contribution in [1.82, 2.24) is 4.90 Å². The van der Waals surface area contributed by atoms with Gasteiger partial charge in [-0.05, 0) is 26.3 Å². The van der Waals surface area contributed by atoms with Crippen molar-refractivity contribution in [2.75, 3.05) is 13.2 Å². The second kappa shape index (κ2) is 5.40. The lowest BCUT2D eigenvalue weighted by molar-refractivity contribution is 0.107. The molecule has 0 radical (unpaired) electrons. The molecule has 76 valence electrons. The molecule has 0 aliphatic carbocycles. The molecule has 2 nitrogen and oxygen atoms in total. The second-order valence-corrected chi connectivity index (χ2v) is 3.90. The normalized spacial score (nSPS) is 28.0. The van der Waals surface area contributed by atoms with Gasteiger partial charge in [-0.15, -0.1) is 6.58 Å². The van der Waals surface area contributed by atoms with Gasteiger partial charge < -0.3 is 5.11 Å². The summed E-state index contributed by atoms with van der Waals surface area (Å²) in [5.41, 5.74) is 0. The van der Waals surface area contributed by atoms with E-state index in [1.807, 2.05) is 6.08 Å². The lowest BCUT2D eigenvalue weighted by Crippen LogP contribution is -2.42. The largest absolute Gasteiger partial charge is 0.395 e. The van der Waals surface area contributed by atoms with Gasteiger partial charge in [0.05, 0.1) is 6.61 Å². The van der Waals surface area contributed by atoms with Crippen LogP contribution in [0.3, 0.4) is 0 Å². The number of aliphatic hydroxyl groups excluding tert-OH is 1. The monoisotopic (exact) mass is 183 g/mol. The van der Waals surface area contributed by atoms with Crippen molar-refractivity contribution in [3.05, 3.63) is 12.7 Å². The van der Waals surface area contributed by atoms with Gasteiger partial charge in [-0.1, -0.05) is 18.9 Å². The molecule has 2 heteroatoms. The smallest absolute Gasteiger partial charge is 0.0587 e. The Morgan fingerprint density at radius 1 is 1.54 bits per heavy atom. The van der Waals surface area contributed by atoms with Crippen molar-refractivity contribution in [2.24, 2.45) is 0 Å². The predicted octanol–water partition coefficient (Wildman–Crippen LogP) is 1.80. The highest BCUT2D eigenvalue weighted by atomic mass is 16.3. The van der Waals surface area contributed by atoms with E-state index in [4.69, 9.17) is 0 Å². The lowest BCUT2D eigenvalue weighted by atomic mass is 10.1. The van der Waals surface area contributed by atoms with E-state index in [2.05, 4.69) is 18.4 Å². The third kappa shape index (κ3) is 2.82. The summed E-state index contributed by atoms with van der Waals surface area (Å²) < 4.78 is 0. The van der Waals surface area contributed by atoms with Gasteiger partial charge in [0, 0.05) is 12.1 Å². The summed E-state index contributed by atoms with van der Waals surface area (Å²) in [6, 6.07) is 0.755. The van der Waals surface area contributed by atoms with Gasteiger partial charge in [-0.25, -0.2) is 0 Å². The first-order valence-electron chi connectivity index (χ1n) is 5.28. The van der Waals surface area contributed by atoms with Gasteiger partial charge in [0.25, 0.3) is 0 Å². The maximum absolute atomic E-state index is 9.25. The Morgan fingerprint density at radius 3 is 2.92 bits per heavy atom. The number of rotatable bonds is 3. The van der Waals surface area contributed by atoms with E-state index < -0.39 is 0 Å². The summed E-state index contributed by atoms with van der Waals surface area (Å²) in [6.45, 7) is 7.36. The third-order valence-electron chi connectivity index (χ3n) is 3.00. The van der Waals surface area contributed by atoms with E-state index >= 15 is 0 Å². The van der Waals surface area contributed by atoms with Crippen LogP contribution in [0.2, 0.25) is 0 Å². The van der Waals surface area contributed by atoms with Crippen LogP contribution in [0.4, 0.5) is 0 Å². The van der Waals surface area contributed by atoms with Crippen molar-refractivity contribution >= 4 is 0 Å². The van der Waals surface area contributed by atoms with Gasteiger partial charge in [-0.3, -0.25) is 4.90 Å². The molecule has 1 aliphatic rings. The zero-order chi connectivity index (χ0) is 9.68. The van der Waals surface area contributed by atoms with Crippen LogP contribution in [-0.4, -0.2) is 35.2 Å².